The van der Waals surface area contributed by atoms with Crippen LogP contribution in [0, 0.1) is 0 Å². The summed E-state index contributed by atoms with van der Waals surface area (Å²) in [6, 6.07) is 10.0. The zero-order valence-corrected chi connectivity index (χ0v) is 10.9. The van der Waals surface area contributed by atoms with Crippen LogP contribution in [-0.4, -0.2) is 12.3 Å². The lowest BCUT2D eigenvalue weighted by Crippen LogP contribution is -2.16. The molecule has 0 atom stereocenters. The highest BCUT2D eigenvalue weighted by Crippen LogP contribution is 2.26. The standard InChI is InChI=1S/C15H15NOS/c17-15(10-11-4-3-9-18-11)13-5-1-7-14-12(13)6-2-8-16-14/h1,3-5,7,9,16H,2,6,8,10H2. The molecule has 2 aromatic rings. The van der Waals surface area contributed by atoms with Crippen molar-refractivity contribution in [2.45, 2.75) is 19.3 Å². The highest BCUT2D eigenvalue weighted by Gasteiger charge is 2.17. The van der Waals surface area contributed by atoms with E-state index in [1.54, 1.807) is 11.3 Å². The van der Waals surface area contributed by atoms with Crippen molar-refractivity contribution in [1.82, 2.24) is 0 Å². The van der Waals surface area contributed by atoms with Crippen LogP contribution in [0.5, 0.6) is 0 Å². The molecular weight excluding hydrogens is 242 g/mol. The summed E-state index contributed by atoms with van der Waals surface area (Å²) in [7, 11) is 0. The molecule has 0 fully saturated rings. The van der Waals surface area contributed by atoms with Gasteiger partial charge in [-0.1, -0.05) is 18.2 Å². The molecule has 1 aromatic heterocycles. The van der Waals surface area contributed by atoms with Crippen LogP contribution in [0.2, 0.25) is 0 Å². The van der Waals surface area contributed by atoms with Crippen molar-refractivity contribution in [2.24, 2.45) is 0 Å². The summed E-state index contributed by atoms with van der Waals surface area (Å²) < 4.78 is 0. The van der Waals surface area contributed by atoms with Crippen LogP contribution in [0.15, 0.2) is 35.7 Å². The lowest BCUT2D eigenvalue weighted by atomic mass is 9.94. The minimum absolute atomic E-state index is 0.234. The first kappa shape index (κ1) is 11.5. The molecule has 0 unspecified atom stereocenters. The Morgan fingerprint density at radius 2 is 2.22 bits per heavy atom. The number of Topliss-reactive ketones (excluding diaryl/α,β-unsaturated/α-hetero) is 1. The SMILES string of the molecule is O=C(Cc1cccs1)c1cccc2c1CCCN2. The molecule has 3 rings (SSSR count). The lowest BCUT2D eigenvalue weighted by Gasteiger charge is -2.20. The van der Waals surface area contributed by atoms with Crippen LogP contribution < -0.4 is 5.32 Å². The molecule has 2 heterocycles. The van der Waals surface area contributed by atoms with E-state index in [4.69, 9.17) is 0 Å². The molecule has 0 aliphatic carbocycles. The van der Waals surface area contributed by atoms with E-state index in [0.29, 0.717) is 6.42 Å². The minimum atomic E-state index is 0.234. The smallest absolute Gasteiger partial charge is 0.168 e. The van der Waals surface area contributed by atoms with Gasteiger partial charge in [0.05, 0.1) is 0 Å². The fourth-order valence-corrected chi connectivity index (χ4v) is 3.14. The van der Waals surface area contributed by atoms with Crippen molar-refractivity contribution in [1.29, 1.82) is 0 Å². The van der Waals surface area contributed by atoms with Gasteiger partial charge in [0.1, 0.15) is 0 Å². The fraction of sp³-hybridized carbons (Fsp3) is 0.267. The molecule has 92 valence electrons. The van der Waals surface area contributed by atoms with Crippen LogP contribution in [0.3, 0.4) is 0 Å². The Hall–Kier alpha value is -1.61. The molecule has 1 aromatic carbocycles. The summed E-state index contributed by atoms with van der Waals surface area (Å²) in [4.78, 5) is 13.5. The van der Waals surface area contributed by atoms with Crippen LogP contribution in [0.4, 0.5) is 5.69 Å². The molecule has 0 amide bonds. The van der Waals surface area contributed by atoms with Gasteiger partial charge in [0.15, 0.2) is 5.78 Å². The number of fused-ring (bicyclic) bond motifs is 1. The lowest BCUT2D eigenvalue weighted by molar-refractivity contribution is 0.0993. The topological polar surface area (TPSA) is 29.1 Å². The van der Waals surface area contributed by atoms with Gasteiger partial charge in [-0.05, 0) is 35.9 Å². The number of anilines is 1. The van der Waals surface area contributed by atoms with Crippen molar-refractivity contribution >= 4 is 22.8 Å². The van der Waals surface area contributed by atoms with Gasteiger partial charge in [-0.15, -0.1) is 11.3 Å². The van der Waals surface area contributed by atoms with E-state index in [1.807, 2.05) is 29.6 Å². The van der Waals surface area contributed by atoms with E-state index in [0.717, 1.165) is 35.5 Å². The summed E-state index contributed by atoms with van der Waals surface area (Å²) >= 11 is 1.65. The predicted octanol–water partition coefficient (Wildman–Crippen LogP) is 3.53. The molecule has 0 spiro atoms. The van der Waals surface area contributed by atoms with E-state index in [2.05, 4.69) is 11.4 Å². The Morgan fingerprint density at radius 3 is 3.06 bits per heavy atom. The van der Waals surface area contributed by atoms with Crippen LogP contribution in [-0.2, 0) is 12.8 Å². The molecular formula is C15H15NOS. The second kappa shape index (κ2) is 4.94. The fourth-order valence-electron chi connectivity index (χ4n) is 2.44. The molecule has 1 N–H and O–H groups in total. The zero-order valence-electron chi connectivity index (χ0n) is 10.1. The van der Waals surface area contributed by atoms with E-state index in [-0.39, 0.29) is 5.78 Å². The maximum absolute atomic E-state index is 12.4. The minimum Gasteiger partial charge on any atom is -0.385 e. The van der Waals surface area contributed by atoms with E-state index in [9.17, 15) is 4.79 Å². The number of hydrogen-bond donors (Lipinski definition) is 1. The van der Waals surface area contributed by atoms with Gasteiger partial charge in [-0.3, -0.25) is 4.79 Å². The first-order chi connectivity index (χ1) is 8.84. The Morgan fingerprint density at radius 1 is 1.28 bits per heavy atom. The Bertz CT molecular complexity index is 560. The summed E-state index contributed by atoms with van der Waals surface area (Å²) in [6.07, 6.45) is 2.64. The largest absolute Gasteiger partial charge is 0.385 e. The maximum Gasteiger partial charge on any atom is 0.168 e. The number of benzene rings is 1. The second-order valence-corrected chi connectivity index (χ2v) is 5.57. The highest BCUT2D eigenvalue weighted by atomic mass is 32.1. The molecule has 0 bridgehead atoms. The zero-order chi connectivity index (χ0) is 12.4. The number of nitrogens with one attached hydrogen (secondary N) is 1. The molecule has 1 aliphatic rings. The Kier molecular flexibility index (Phi) is 3.15. The number of ketones is 1. The van der Waals surface area contributed by atoms with E-state index >= 15 is 0 Å². The summed E-state index contributed by atoms with van der Waals surface area (Å²) in [6.45, 7) is 1.01. The first-order valence-electron chi connectivity index (χ1n) is 6.26. The van der Waals surface area contributed by atoms with Gasteiger partial charge in [-0.2, -0.15) is 0 Å². The third-order valence-corrected chi connectivity index (χ3v) is 4.19. The van der Waals surface area contributed by atoms with Crippen molar-refractivity contribution in [3.63, 3.8) is 0 Å². The number of carbonyl (C=O) groups is 1. The quantitative estimate of drug-likeness (QED) is 0.852. The van der Waals surface area contributed by atoms with Crippen molar-refractivity contribution in [3.8, 4) is 0 Å². The van der Waals surface area contributed by atoms with Crippen molar-refractivity contribution in [3.05, 3.63) is 51.7 Å². The van der Waals surface area contributed by atoms with Gasteiger partial charge in [-0.25, -0.2) is 0 Å². The molecule has 0 radical (unpaired) electrons. The van der Waals surface area contributed by atoms with Gasteiger partial charge in [0, 0.05) is 29.1 Å². The van der Waals surface area contributed by atoms with E-state index in [1.165, 1.54) is 5.56 Å². The molecule has 3 heteroatoms. The molecule has 1 aliphatic heterocycles. The first-order valence-corrected chi connectivity index (χ1v) is 7.14. The molecule has 0 saturated heterocycles. The highest BCUT2D eigenvalue weighted by molar-refractivity contribution is 7.10. The van der Waals surface area contributed by atoms with Crippen LogP contribution in [0.1, 0.15) is 27.2 Å². The number of carbonyl (C=O) groups excluding carboxylic acids is 1. The second-order valence-electron chi connectivity index (χ2n) is 4.54. The molecule has 2 nitrogen and oxygen atoms in total. The van der Waals surface area contributed by atoms with Crippen molar-refractivity contribution in [2.75, 3.05) is 11.9 Å². The number of thiophene rings is 1. The predicted molar refractivity (Wildman–Crippen MR) is 75.6 cm³/mol. The number of rotatable bonds is 3. The average molecular weight is 257 g/mol. The maximum atomic E-state index is 12.4. The summed E-state index contributed by atoms with van der Waals surface area (Å²) in [5.74, 6) is 0.234. The van der Waals surface area contributed by atoms with Crippen molar-refractivity contribution < 1.29 is 4.79 Å². The van der Waals surface area contributed by atoms with Gasteiger partial charge < -0.3 is 5.32 Å². The average Bonchev–Trinajstić information content (AvgIpc) is 2.91. The third-order valence-electron chi connectivity index (χ3n) is 3.31. The Balaban J connectivity index is 1.89. The van der Waals surface area contributed by atoms with Crippen LogP contribution in [0.25, 0.3) is 0 Å². The normalized spacial score (nSPS) is 13.8. The monoisotopic (exact) mass is 257 g/mol. The molecule has 0 saturated carbocycles. The summed E-state index contributed by atoms with van der Waals surface area (Å²) in [5, 5.41) is 5.39. The van der Waals surface area contributed by atoms with Gasteiger partial charge >= 0.3 is 0 Å². The van der Waals surface area contributed by atoms with Gasteiger partial charge in [0.25, 0.3) is 0 Å². The summed E-state index contributed by atoms with van der Waals surface area (Å²) in [5.41, 5.74) is 3.23. The van der Waals surface area contributed by atoms with Gasteiger partial charge in [0.2, 0.25) is 0 Å². The molecule has 18 heavy (non-hydrogen) atoms. The van der Waals surface area contributed by atoms with E-state index < -0.39 is 0 Å². The third kappa shape index (κ3) is 2.18. The van der Waals surface area contributed by atoms with Crippen LogP contribution >= 0.6 is 11.3 Å². The Labute approximate surface area is 111 Å². The number of hydrogen-bond acceptors (Lipinski definition) is 3.